The summed E-state index contributed by atoms with van der Waals surface area (Å²) in [6, 6.07) is 0. The molecule has 8 heteroatoms. The fourth-order valence-corrected chi connectivity index (χ4v) is 2.39. The number of hydrogen-bond donors (Lipinski definition) is 1. The van der Waals surface area contributed by atoms with Gasteiger partial charge in [0.2, 0.25) is 0 Å². The molecule has 23 heavy (non-hydrogen) atoms. The number of rotatable bonds is 13. The van der Waals surface area contributed by atoms with E-state index < -0.39 is 34.7 Å². The van der Waals surface area contributed by atoms with Gasteiger partial charge in [-0.25, -0.2) is 0 Å². The van der Waals surface area contributed by atoms with E-state index in [2.05, 4.69) is 17.7 Å². The summed E-state index contributed by atoms with van der Waals surface area (Å²) in [5, 5.41) is 0. The second-order valence-electron chi connectivity index (χ2n) is 5.26. The van der Waals surface area contributed by atoms with E-state index in [1.807, 2.05) is 0 Å². The second kappa shape index (κ2) is 12.1. The van der Waals surface area contributed by atoms with Crippen molar-refractivity contribution in [3.63, 3.8) is 0 Å². The molecule has 0 aliphatic rings. The van der Waals surface area contributed by atoms with Gasteiger partial charge in [0.1, 0.15) is 6.61 Å². The van der Waals surface area contributed by atoms with Crippen molar-refractivity contribution in [3.05, 3.63) is 12.7 Å². The normalized spacial score (nSPS) is 12.4. The molecule has 0 radical (unpaired) electrons. The zero-order valence-corrected chi connectivity index (χ0v) is 14.3. The molecule has 0 aromatic carbocycles. The third-order valence-corrected chi connectivity index (χ3v) is 3.59. The molecule has 0 bridgehead atoms. The van der Waals surface area contributed by atoms with E-state index in [4.69, 9.17) is 9.29 Å². The van der Waals surface area contributed by atoms with Crippen LogP contribution in [0.15, 0.2) is 12.7 Å². The van der Waals surface area contributed by atoms with Gasteiger partial charge in [-0.05, 0) is 6.42 Å². The van der Waals surface area contributed by atoms with Gasteiger partial charge in [0.05, 0.1) is 12.3 Å². The van der Waals surface area contributed by atoms with Crippen molar-refractivity contribution in [3.8, 4) is 0 Å². The van der Waals surface area contributed by atoms with Gasteiger partial charge < -0.3 is 8.92 Å². The standard InChI is InChI=1S/C15H26O7S/c1-3-5-6-7-8-9-10-13(15(17)21-11-4-2)12-14(16)22-23(18,19)20/h4,13H,2-3,5-12H2,1H3,(H,18,19,20). The Morgan fingerprint density at radius 1 is 1.17 bits per heavy atom. The summed E-state index contributed by atoms with van der Waals surface area (Å²) in [4.78, 5) is 23.3. The van der Waals surface area contributed by atoms with Crippen molar-refractivity contribution < 1.29 is 31.5 Å². The van der Waals surface area contributed by atoms with Crippen LogP contribution in [0.3, 0.4) is 0 Å². The lowest BCUT2D eigenvalue weighted by Gasteiger charge is -2.14. The van der Waals surface area contributed by atoms with Crippen LogP contribution in [0.4, 0.5) is 0 Å². The zero-order chi connectivity index (χ0) is 17.7. The first-order valence-corrected chi connectivity index (χ1v) is 9.14. The summed E-state index contributed by atoms with van der Waals surface area (Å²) < 4.78 is 38.2. The number of hydrogen-bond acceptors (Lipinski definition) is 6. The van der Waals surface area contributed by atoms with Crippen molar-refractivity contribution >= 4 is 22.3 Å². The lowest BCUT2D eigenvalue weighted by Crippen LogP contribution is -2.23. The molecule has 0 saturated heterocycles. The zero-order valence-electron chi connectivity index (χ0n) is 13.5. The fourth-order valence-electron chi connectivity index (χ4n) is 2.09. The molecule has 134 valence electrons. The Kier molecular flexibility index (Phi) is 11.3. The molecule has 0 spiro atoms. The molecule has 0 saturated carbocycles. The maximum atomic E-state index is 11.9. The first kappa shape index (κ1) is 21.6. The summed E-state index contributed by atoms with van der Waals surface area (Å²) in [7, 11) is -4.86. The van der Waals surface area contributed by atoms with Gasteiger partial charge in [0.25, 0.3) is 0 Å². The van der Waals surface area contributed by atoms with Crippen LogP contribution in [0.2, 0.25) is 0 Å². The van der Waals surface area contributed by atoms with Gasteiger partial charge in [0.15, 0.2) is 0 Å². The number of ether oxygens (including phenoxy) is 1. The quantitative estimate of drug-likeness (QED) is 0.235. The number of carbonyl (C=O) groups is 2. The highest BCUT2D eigenvalue weighted by Gasteiger charge is 2.26. The Hall–Kier alpha value is -1.41. The molecule has 0 aliphatic carbocycles. The average Bonchev–Trinajstić information content (AvgIpc) is 2.45. The largest absolute Gasteiger partial charge is 0.461 e. The van der Waals surface area contributed by atoms with Crippen molar-refractivity contribution in [2.45, 2.75) is 58.3 Å². The molecule has 7 nitrogen and oxygen atoms in total. The third-order valence-electron chi connectivity index (χ3n) is 3.19. The SMILES string of the molecule is C=CCOC(=O)C(CCCCCCCC)CC(=O)OS(=O)(=O)O. The summed E-state index contributed by atoms with van der Waals surface area (Å²) in [5.41, 5.74) is 0. The molecule has 0 aromatic rings. The first-order chi connectivity index (χ1) is 10.8. The van der Waals surface area contributed by atoms with E-state index in [-0.39, 0.29) is 6.61 Å². The van der Waals surface area contributed by atoms with Gasteiger partial charge in [-0.15, -0.1) is 0 Å². The van der Waals surface area contributed by atoms with Gasteiger partial charge in [-0.1, -0.05) is 58.1 Å². The molecule has 0 rings (SSSR count). The highest BCUT2D eigenvalue weighted by atomic mass is 32.3. The molecule has 0 aromatic heterocycles. The Morgan fingerprint density at radius 3 is 2.35 bits per heavy atom. The van der Waals surface area contributed by atoms with Gasteiger partial charge in [0, 0.05) is 0 Å². The summed E-state index contributed by atoms with van der Waals surface area (Å²) >= 11 is 0. The monoisotopic (exact) mass is 350 g/mol. The van der Waals surface area contributed by atoms with Gasteiger partial charge >= 0.3 is 22.3 Å². The summed E-state index contributed by atoms with van der Waals surface area (Å²) in [6.07, 6.45) is 7.42. The molecule has 0 fully saturated rings. The summed E-state index contributed by atoms with van der Waals surface area (Å²) in [6.45, 7) is 5.55. The van der Waals surface area contributed by atoms with E-state index in [0.29, 0.717) is 6.42 Å². The van der Waals surface area contributed by atoms with E-state index in [1.54, 1.807) is 0 Å². The van der Waals surface area contributed by atoms with Crippen LogP contribution in [0, 0.1) is 5.92 Å². The van der Waals surface area contributed by atoms with Crippen LogP contribution >= 0.6 is 0 Å². The fraction of sp³-hybridized carbons (Fsp3) is 0.733. The van der Waals surface area contributed by atoms with E-state index in [0.717, 1.165) is 38.5 Å². The van der Waals surface area contributed by atoms with Crippen LogP contribution in [0.1, 0.15) is 58.3 Å². The number of unbranched alkanes of at least 4 members (excludes halogenated alkanes) is 5. The maximum Gasteiger partial charge on any atom is 0.448 e. The van der Waals surface area contributed by atoms with Crippen LogP contribution in [0.5, 0.6) is 0 Å². The Balaban J connectivity index is 4.41. The highest BCUT2D eigenvalue weighted by Crippen LogP contribution is 2.18. The predicted molar refractivity (Wildman–Crippen MR) is 84.9 cm³/mol. The second-order valence-corrected chi connectivity index (χ2v) is 6.28. The smallest absolute Gasteiger partial charge is 0.448 e. The van der Waals surface area contributed by atoms with Crippen LogP contribution in [-0.4, -0.2) is 31.5 Å². The van der Waals surface area contributed by atoms with Gasteiger partial charge in [-0.2, -0.15) is 8.42 Å². The van der Waals surface area contributed by atoms with Crippen LogP contribution in [0.25, 0.3) is 0 Å². The average molecular weight is 350 g/mol. The predicted octanol–water partition coefficient (Wildman–Crippen LogP) is 2.82. The number of esters is 1. The molecular formula is C15H26O7S. The maximum absolute atomic E-state index is 11.9. The lowest BCUT2D eigenvalue weighted by atomic mass is 9.97. The molecule has 0 heterocycles. The lowest BCUT2D eigenvalue weighted by molar-refractivity contribution is -0.151. The minimum atomic E-state index is -4.86. The molecular weight excluding hydrogens is 324 g/mol. The van der Waals surface area contributed by atoms with E-state index in [9.17, 15) is 18.0 Å². The highest BCUT2D eigenvalue weighted by molar-refractivity contribution is 7.81. The van der Waals surface area contributed by atoms with Crippen LogP contribution in [-0.2, 0) is 28.9 Å². The minimum absolute atomic E-state index is 0.0131. The van der Waals surface area contributed by atoms with Crippen molar-refractivity contribution in [1.29, 1.82) is 0 Å². The Morgan fingerprint density at radius 2 is 1.78 bits per heavy atom. The summed E-state index contributed by atoms with van der Waals surface area (Å²) in [5.74, 6) is -2.58. The Bertz CT molecular complexity index is 470. The van der Waals surface area contributed by atoms with E-state index >= 15 is 0 Å². The van der Waals surface area contributed by atoms with Crippen molar-refractivity contribution in [2.75, 3.05) is 6.61 Å². The third kappa shape index (κ3) is 12.8. The molecule has 1 atom stereocenters. The molecule has 1 unspecified atom stereocenters. The Labute approximate surface area is 138 Å². The molecule has 1 N–H and O–H groups in total. The van der Waals surface area contributed by atoms with Gasteiger partial charge in [-0.3, -0.25) is 14.1 Å². The van der Waals surface area contributed by atoms with Crippen molar-refractivity contribution in [2.24, 2.45) is 5.92 Å². The minimum Gasteiger partial charge on any atom is -0.461 e. The topological polar surface area (TPSA) is 107 Å². The van der Waals surface area contributed by atoms with Crippen molar-refractivity contribution in [1.82, 2.24) is 0 Å². The molecule has 0 amide bonds. The van der Waals surface area contributed by atoms with E-state index in [1.165, 1.54) is 6.08 Å². The molecule has 0 aliphatic heterocycles. The number of carbonyl (C=O) groups excluding carboxylic acids is 2. The first-order valence-electron chi connectivity index (χ1n) is 7.77. The van der Waals surface area contributed by atoms with Crippen LogP contribution < -0.4 is 0 Å².